The fraction of sp³-hybridized carbons (Fsp3) is 0.300. The summed E-state index contributed by atoms with van der Waals surface area (Å²) in [4.78, 5) is 24.2. The Kier molecular flexibility index (Phi) is 6.74. The summed E-state index contributed by atoms with van der Waals surface area (Å²) in [6.07, 6.45) is 1.26. The third-order valence-corrected chi connectivity index (χ3v) is 5.28. The van der Waals surface area contributed by atoms with Gasteiger partial charge in [-0.2, -0.15) is 0 Å². The maximum Gasteiger partial charge on any atom is 0.222 e. The lowest BCUT2D eigenvalue weighted by Crippen LogP contribution is -2.33. The second kappa shape index (κ2) is 8.81. The molecule has 27 heavy (non-hydrogen) atoms. The molecule has 0 heterocycles. The number of benzene rings is 2. The van der Waals surface area contributed by atoms with Crippen LogP contribution in [0.4, 0.5) is 0 Å². The van der Waals surface area contributed by atoms with E-state index in [1.54, 1.807) is 12.1 Å². The topological polar surface area (TPSA) is 92.3 Å². The van der Waals surface area contributed by atoms with Crippen LogP contribution in [0.3, 0.4) is 0 Å². The average molecular weight is 388 g/mol. The van der Waals surface area contributed by atoms with E-state index in [-0.39, 0.29) is 29.2 Å². The zero-order valence-corrected chi connectivity index (χ0v) is 16.4. The van der Waals surface area contributed by atoms with Gasteiger partial charge in [0.15, 0.2) is 9.84 Å². The Morgan fingerprint density at radius 1 is 0.926 bits per heavy atom. The van der Waals surface area contributed by atoms with Crippen LogP contribution in [-0.2, 0) is 19.4 Å². The van der Waals surface area contributed by atoms with Crippen LogP contribution in [0.5, 0.6) is 0 Å². The summed E-state index contributed by atoms with van der Waals surface area (Å²) >= 11 is 0. The predicted octanol–water partition coefficient (Wildman–Crippen LogP) is 2.53. The van der Waals surface area contributed by atoms with Crippen molar-refractivity contribution in [1.82, 2.24) is 10.6 Å². The Morgan fingerprint density at radius 2 is 1.52 bits per heavy atom. The molecule has 2 aromatic carbocycles. The van der Waals surface area contributed by atoms with Crippen molar-refractivity contribution in [2.75, 3.05) is 6.26 Å². The maximum atomic E-state index is 12.5. The molecular formula is C20H24N2O4S. The van der Waals surface area contributed by atoms with E-state index < -0.39 is 15.9 Å². The molecule has 0 aliphatic carbocycles. The number of carbonyl (C=O) groups is 2. The summed E-state index contributed by atoms with van der Waals surface area (Å²) in [5.41, 5.74) is 1.65. The van der Waals surface area contributed by atoms with Crippen molar-refractivity contribution in [1.29, 1.82) is 0 Å². The van der Waals surface area contributed by atoms with Gasteiger partial charge in [-0.25, -0.2) is 8.42 Å². The van der Waals surface area contributed by atoms with Gasteiger partial charge in [0.1, 0.15) is 0 Å². The molecule has 0 aromatic heterocycles. The average Bonchev–Trinajstić information content (AvgIpc) is 2.61. The Labute approximate surface area is 159 Å². The molecule has 2 rings (SSSR count). The van der Waals surface area contributed by atoms with E-state index >= 15 is 0 Å². The molecule has 2 aromatic rings. The number of nitrogens with one attached hydrogen (secondary N) is 2. The van der Waals surface area contributed by atoms with Gasteiger partial charge in [0.2, 0.25) is 11.8 Å². The van der Waals surface area contributed by atoms with Gasteiger partial charge in [0.05, 0.1) is 23.4 Å². The minimum absolute atomic E-state index is 0.107. The molecule has 0 saturated heterocycles. The molecule has 144 valence electrons. The molecule has 2 amide bonds. The summed E-state index contributed by atoms with van der Waals surface area (Å²) in [6.45, 7) is 3.24. The van der Waals surface area contributed by atoms with Crippen LogP contribution in [0.1, 0.15) is 43.5 Å². The molecule has 0 aliphatic heterocycles. The molecule has 0 bridgehead atoms. The van der Waals surface area contributed by atoms with E-state index in [4.69, 9.17) is 0 Å². The molecular weight excluding hydrogens is 364 g/mol. The van der Waals surface area contributed by atoms with E-state index in [0.717, 1.165) is 17.4 Å². The van der Waals surface area contributed by atoms with Gasteiger partial charge in [-0.05, 0) is 30.2 Å². The van der Waals surface area contributed by atoms with Crippen molar-refractivity contribution in [3.05, 3.63) is 65.7 Å². The van der Waals surface area contributed by atoms with Crippen LogP contribution < -0.4 is 10.6 Å². The first-order valence-corrected chi connectivity index (χ1v) is 10.5. The highest BCUT2D eigenvalue weighted by atomic mass is 32.2. The molecule has 7 heteroatoms. The zero-order valence-electron chi connectivity index (χ0n) is 15.6. The van der Waals surface area contributed by atoms with Crippen molar-refractivity contribution in [3.63, 3.8) is 0 Å². The number of sulfone groups is 1. The first-order chi connectivity index (χ1) is 12.7. The number of amides is 2. The smallest absolute Gasteiger partial charge is 0.222 e. The second-order valence-corrected chi connectivity index (χ2v) is 8.51. The van der Waals surface area contributed by atoms with Crippen LogP contribution >= 0.6 is 0 Å². The fourth-order valence-electron chi connectivity index (χ4n) is 2.76. The Balaban J connectivity index is 2.05. The van der Waals surface area contributed by atoms with E-state index in [0.29, 0.717) is 0 Å². The van der Waals surface area contributed by atoms with Crippen LogP contribution in [0, 0.1) is 0 Å². The highest BCUT2D eigenvalue weighted by Gasteiger charge is 2.19. The summed E-state index contributed by atoms with van der Waals surface area (Å²) in [5, 5.41) is 5.69. The quantitative estimate of drug-likeness (QED) is 0.762. The van der Waals surface area contributed by atoms with Crippen molar-refractivity contribution >= 4 is 21.7 Å². The lowest BCUT2D eigenvalue weighted by atomic mass is 10.0. The molecule has 0 radical (unpaired) electrons. The van der Waals surface area contributed by atoms with Gasteiger partial charge in [0.25, 0.3) is 0 Å². The third-order valence-electron chi connectivity index (χ3n) is 4.15. The molecule has 0 saturated carbocycles. The summed E-state index contributed by atoms with van der Waals surface area (Å²) in [6, 6.07) is 15.0. The van der Waals surface area contributed by atoms with E-state index in [2.05, 4.69) is 10.6 Å². The van der Waals surface area contributed by atoms with Gasteiger partial charge in [-0.15, -0.1) is 0 Å². The SMILES string of the molecule is CC(=O)N[C@H](CC(=O)N[C@@H](C)c1ccc(S(C)(=O)=O)cc1)c1ccccc1. The first-order valence-electron chi connectivity index (χ1n) is 8.58. The zero-order chi connectivity index (χ0) is 20.0. The minimum atomic E-state index is -3.25. The Bertz CT molecular complexity index is 893. The molecule has 2 atom stereocenters. The normalized spacial score (nSPS) is 13.4. The van der Waals surface area contributed by atoms with Crippen LogP contribution in [-0.4, -0.2) is 26.5 Å². The van der Waals surface area contributed by atoms with Crippen molar-refractivity contribution in [2.24, 2.45) is 0 Å². The molecule has 0 spiro atoms. The van der Waals surface area contributed by atoms with Crippen LogP contribution in [0.25, 0.3) is 0 Å². The van der Waals surface area contributed by atoms with Gasteiger partial charge in [-0.1, -0.05) is 42.5 Å². The second-order valence-electron chi connectivity index (χ2n) is 6.50. The highest BCUT2D eigenvalue weighted by Crippen LogP contribution is 2.19. The third kappa shape index (κ3) is 6.21. The van der Waals surface area contributed by atoms with Crippen molar-refractivity contribution < 1.29 is 18.0 Å². The first kappa shape index (κ1) is 20.6. The highest BCUT2D eigenvalue weighted by molar-refractivity contribution is 7.90. The Hall–Kier alpha value is -2.67. The lowest BCUT2D eigenvalue weighted by Gasteiger charge is -2.20. The van der Waals surface area contributed by atoms with Crippen LogP contribution in [0.2, 0.25) is 0 Å². The lowest BCUT2D eigenvalue weighted by molar-refractivity contribution is -0.123. The van der Waals surface area contributed by atoms with E-state index in [9.17, 15) is 18.0 Å². The van der Waals surface area contributed by atoms with Gasteiger partial charge < -0.3 is 10.6 Å². The van der Waals surface area contributed by atoms with E-state index in [1.165, 1.54) is 19.1 Å². The molecule has 0 unspecified atom stereocenters. The van der Waals surface area contributed by atoms with Crippen molar-refractivity contribution in [3.8, 4) is 0 Å². The van der Waals surface area contributed by atoms with E-state index in [1.807, 2.05) is 37.3 Å². The Morgan fingerprint density at radius 3 is 2.04 bits per heavy atom. The monoisotopic (exact) mass is 388 g/mol. The van der Waals surface area contributed by atoms with Gasteiger partial charge in [-0.3, -0.25) is 9.59 Å². The fourth-order valence-corrected chi connectivity index (χ4v) is 3.39. The largest absolute Gasteiger partial charge is 0.350 e. The summed E-state index contributed by atoms with van der Waals surface area (Å²) in [5.74, 6) is -0.418. The van der Waals surface area contributed by atoms with Crippen molar-refractivity contribution in [2.45, 2.75) is 37.2 Å². The van der Waals surface area contributed by atoms with Gasteiger partial charge >= 0.3 is 0 Å². The predicted molar refractivity (Wildman–Crippen MR) is 104 cm³/mol. The number of carbonyl (C=O) groups excluding carboxylic acids is 2. The van der Waals surface area contributed by atoms with Crippen LogP contribution in [0.15, 0.2) is 59.5 Å². The standard InChI is InChI=1S/C20H24N2O4S/c1-14(16-9-11-18(12-10-16)27(3,25)26)21-20(24)13-19(22-15(2)23)17-7-5-4-6-8-17/h4-12,14,19H,13H2,1-3H3,(H,21,24)(H,22,23)/t14-,19+/m0/s1. The molecule has 0 aliphatic rings. The molecule has 2 N–H and O–H groups in total. The summed E-state index contributed by atoms with van der Waals surface area (Å²) in [7, 11) is -3.25. The number of hydrogen-bond acceptors (Lipinski definition) is 4. The minimum Gasteiger partial charge on any atom is -0.350 e. The molecule has 6 nitrogen and oxygen atoms in total. The van der Waals surface area contributed by atoms with Gasteiger partial charge in [0, 0.05) is 13.2 Å². The molecule has 0 fully saturated rings. The number of hydrogen-bond donors (Lipinski definition) is 2. The summed E-state index contributed by atoms with van der Waals surface area (Å²) < 4.78 is 23.1. The number of rotatable bonds is 7. The maximum absolute atomic E-state index is 12.5.